The number of nitrogens with two attached hydrogens (primary N) is 1. The number of hydrogen-bond acceptors (Lipinski definition) is 5. The van der Waals surface area contributed by atoms with E-state index in [0.717, 1.165) is 23.8 Å². The van der Waals surface area contributed by atoms with E-state index in [2.05, 4.69) is 0 Å². The molecule has 6 nitrogen and oxygen atoms in total. The lowest BCUT2D eigenvalue weighted by molar-refractivity contribution is 0.0675. The normalized spacial score (nSPS) is 11.5. The van der Waals surface area contributed by atoms with E-state index in [-0.39, 0.29) is 30.2 Å². The molecule has 0 fully saturated rings. The van der Waals surface area contributed by atoms with Gasteiger partial charge in [0.15, 0.2) is 0 Å². The predicted octanol–water partition coefficient (Wildman–Crippen LogP) is 1.82. The quantitative estimate of drug-likeness (QED) is 0.803. The van der Waals surface area contributed by atoms with E-state index >= 15 is 0 Å². The van der Waals surface area contributed by atoms with Crippen molar-refractivity contribution in [2.75, 3.05) is 20.3 Å². The molecule has 0 radical (unpaired) electrons. The first-order valence-corrected chi connectivity index (χ1v) is 9.43. The van der Waals surface area contributed by atoms with Gasteiger partial charge in [-0.15, -0.1) is 0 Å². The monoisotopic (exact) mass is 372 g/mol. The van der Waals surface area contributed by atoms with Gasteiger partial charge in [0, 0.05) is 20.2 Å². The number of methoxy groups -OCH3 is 1. The Labute approximate surface area is 143 Å². The summed E-state index contributed by atoms with van der Waals surface area (Å²) in [7, 11) is -2.53. The standard InChI is InChI=1S/C15H17FN2O4S2/c1-22-6-5-18(9-11-4-7-23-10-11)15(19)13-8-12(24(17,20)21)2-3-14(13)16/h2-4,7-8,10H,5-6,9H2,1H3,(H2,17,20,21). The third-order valence-electron chi connectivity index (χ3n) is 3.30. The molecule has 0 aliphatic heterocycles. The molecule has 0 saturated heterocycles. The zero-order valence-corrected chi connectivity index (χ0v) is 14.6. The first-order valence-electron chi connectivity index (χ1n) is 6.94. The van der Waals surface area contributed by atoms with Crippen molar-refractivity contribution >= 4 is 27.3 Å². The fraction of sp³-hybridized carbons (Fsp3) is 0.267. The minimum Gasteiger partial charge on any atom is -0.383 e. The molecule has 0 aliphatic carbocycles. The molecule has 0 aliphatic rings. The SMILES string of the molecule is COCCN(Cc1ccsc1)C(=O)c1cc(S(N)(=O)=O)ccc1F. The van der Waals surface area contributed by atoms with Crippen molar-refractivity contribution in [2.45, 2.75) is 11.4 Å². The highest BCUT2D eigenvalue weighted by Gasteiger charge is 2.22. The Morgan fingerprint density at radius 2 is 2.12 bits per heavy atom. The van der Waals surface area contributed by atoms with E-state index in [0.29, 0.717) is 0 Å². The van der Waals surface area contributed by atoms with Gasteiger partial charge in [0.25, 0.3) is 5.91 Å². The number of thiophene rings is 1. The molecule has 2 rings (SSSR count). The van der Waals surface area contributed by atoms with Crippen LogP contribution in [0.15, 0.2) is 39.9 Å². The molecule has 1 aromatic heterocycles. The molecular formula is C15H17FN2O4S2. The van der Waals surface area contributed by atoms with Crippen molar-refractivity contribution < 1.29 is 22.3 Å². The van der Waals surface area contributed by atoms with Gasteiger partial charge in [-0.1, -0.05) is 0 Å². The minimum absolute atomic E-state index is 0.240. The lowest BCUT2D eigenvalue weighted by atomic mass is 10.1. The molecule has 0 unspecified atom stereocenters. The molecule has 130 valence electrons. The first kappa shape index (κ1) is 18.5. The minimum atomic E-state index is -4.03. The third-order valence-corrected chi connectivity index (χ3v) is 4.95. The summed E-state index contributed by atoms with van der Waals surface area (Å²) in [6.45, 7) is 0.779. The molecule has 1 heterocycles. The molecule has 2 aromatic rings. The summed E-state index contributed by atoms with van der Waals surface area (Å²) >= 11 is 1.48. The van der Waals surface area contributed by atoms with Crippen LogP contribution in [0.4, 0.5) is 4.39 Å². The van der Waals surface area contributed by atoms with E-state index in [4.69, 9.17) is 9.88 Å². The van der Waals surface area contributed by atoms with Crippen LogP contribution in [0.3, 0.4) is 0 Å². The number of sulfonamides is 1. The zero-order valence-electron chi connectivity index (χ0n) is 12.9. The Morgan fingerprint density at radius 1 is 1.38 bits per heavy atom. The Morgan fingerprint density at radius 3 is 2.71 bits per heavy atom. The van der Waals surface area contributed by atoms with Crippen LogP contribution in [0.1, 0.15) is 15.9 Å². The molecule has 9 heteroatoms. The third kappa shape index (κ3) is 4.60. The first-order chi connectivity index (χ1) is 11.3. The molecule has 0 spiro atoms. The molecule has 2 N–H and O–H groups in total. The largest absolute Gasteiger partial charge is 0.383 e. The average molecular weight is 372 g/mol. The maximum absolute atomic E-state index is 14.1. The van der Waals surface area contributed by atoms with Crippen molar-refractivity contribution in [3.63, 3.8) is 0 Å². The topological polar surface area (TPSA) is 89.7 Å². The maximum Gasteiger partial charge on any atom is 0.257 e. The van der Waals surface area contributed by atoms with Crippen LogP contribution in [0.5, 0.6) is 0 Å². The van der Waals surface area contributed by atoms with Crippen LogP contribution < -0.4 is 5.14 Å². The van der Waals surface area contributed by atoms with Gasteiger partial charge in [-0.25, -0.2) is 17.9 Å². The van der Waals surface area contributed by atoms with Crippen molar-refractivity contribution in [1.29, 1.82) is 0 Å². The number of carbonyl (C=O) groups is 1. The fourth-order valence-corrected chi connectivity index (χ4v) is 3.27. The van der Waals surface area contributed by atoms with Crippen LogP contribution >= 0.6 is 11.3 Å². The Kier molecular flexibility index (Phi) is 6.05. The highest BCUT2D eigenvalue weighted by atomic mass is 32.2. The molecule has 1 aromatic carbocycles. The Bertz CT molecular complexity index is 807. The van der Waals surface area contributed by atoms with E-state index in [9.17, 15) is 17.6 Å². The van der Waals surface area contributed by atoms with Gasteiger partial charge in [-0.2, -0.15) is 11.3 Å². The van der Waals surface area contributed by atoms with Gasteiger partial charge in [-0.3, -0.25) is 4.79 Å². The van der Waals surface area contributed by atoms with E-state index in [1.807, 2.05) is 16.8 Å². The molecule has 1 amide bonds. The second-order valence-corrected chi connectivity index (χ2v) is 7.38. The summed E-state index contributed by atoms with van der Waals surface area (Å²) in [6, 6.07) is 4.77. The summed E-state index contributed by atoms with van der Waals surface area (Å²) in [6.07, 6.45) is 0. The zero-order chi connectivity index (χ0) is 17.7. The molecular weight excluding hydrogens is 355 g/mol. The van der Waals surface area contributed by atoms with E-state index in [1.165, 1.54) is 23.3 Å². The van der Waals surface area contributed by atoms with Crippen molar-refractivity contribution in [3.05, 3.63) is 52.0 Å². The molecule has 24 heavy (non-hydrogen) atoms. The van der Waals surface area contributed by atoms with Crippen LogP contribution in [0.2, 0.25) is 0 Å². The van der Waals surface area contributed by atoms with Gasteiger partial charge in [-0.05, 0) is 40.6 Å². The van der Waals surface area contributed by atoms with Crippen LogP contribution in [-0.4, -0.2) is 39.5 Å². The summed E-state index contributed by atoms with van der Waals surface area (Å²) in [5.41, 5.74) is 0.556. The van der Waals surface area contributed by atoms with E-state index < -0.39 is 21.7 Å². The number of carbonyl (C=O) groups excluding carboxylic acids is 1. The Hall–Kier alpha value is -1.81. The second kappa shape index (κ2) is 7.84. The fourth-order valence-electron chi connectivity index (χ4n) is 2.07. The smallest absolute Gasteiger partial charge is 0.257 e. The van der Waals surface area contributed by atoms with Crippen molar-refractivity contribution in [1.82, 2.24) is 4.90 Å². The van der Waals surface area contributed by atoms with Gasteiger partial charge < -0.3 is 9.64 Å². The summed E-state index contributed by atoms with van der Waals surface area (Å²) < 4.78 is 41.9. The van der Waals surface area contributed by atoms with Crippen LogP contribution in [0, 0.1) is 5.82 Å². The number of nitrogens with zero attached hydrogens (tertiary/aromatic N) is 1. The lowest BCUT2D eigenvalue weighted by Gasteiger charge is -2.22. The average Bonchev–Trinajstić information content (AvgIpc) is 3.03. The number of halogens is 1. The van der Waals surface area contributed by atoms with Crippen molar-refractivity contribution in [2.24, 2.45) is 5.14 Å². The number of ether oxygens (including phenoxy) is 1. The van der Waals surface area contributed by atoms with Crippen molar-refractivity contribution in [3.8, 4) is 0 Å². The summed E-state index contributed by atoms with van der Waals surface area (Å²) in [4.78, 5) is 13.8. The lowest BCUT2D eigenvalue weighted by Crippen LogP contribution is -2.34. The molecule has 0 atom stereocenters. The summed E-state index contributed by atoms with van der Waals surface area (Å²) in [5.74, 6) is -1.43. The Balaban J connectivity index is 2.34. The van der Waals surface area contributed by atoms with E-state index in [1.54, 1.807) is 0 Å². The van der Waals surface area contributed by atoms with Gasteiger partial charge in [0.05, 0.1) is 17.1 Å². The molecule has 0 saturated carbocycles. The number of hydrogen-bond donors (Lipinski definition) is 1. The predicted molar refractivity (Wildman–Crippen MR) is 88.7 cm³/mol. The van der Waals surface area contributed by atoms with Crippen LogP contribution in [0.25, 0.3) is 0 Å². The maximum atomic E-state index is 14.1. The number of rotatable bonds is 7. The number of amides is 1. The number of primary sulfonamides is 1. The second-order valence-electron chi connectivity index (χ2n) is 5.04. The van der Waals surface area contributed by atoms with Gasteiger partial charge >= 0.3 is 0 Å². The van der Waals surface area contributed by atoms with Gasteiger partial charge in [0.2, 0.25) is 10.0 Å². The number of benzene rings is 1. The highest BCUT2D eigenvalue weighted by Crippen LogP contribution is 2.18. The van der Waals surface area contributed by atoms with Crippen LogP contribution in [-0.2, 0) is 21.3 Å². The molecule has 0 bridgehead atoms. The van der Waals surface area contributed by atoms with Gasteiger partial charge in [0.1, 0.15) is 5.82 Å². The highest BCUT2D eigenvalue weighted by molar-refractivity contribution is 7.89. The summed E-state index contributed by atoms with van der Waals surface area (Å²) in [5, 5.41) is 8.80.